The van der Waals surface area contributed by atoms with E-state index in [0.717, 1.165) is 0 Å². The quantitative estimate of drug-likeness (QED) is 0.819. The molecule has 1 atom stereocenters. The Morgan fingerprint density at radius 3 is 2.26 bits per heavy atom. The Kier molecular flexibility index (Phi) is 3.27. The molecule has 0 aromatic rings. The number of aliphatic carboxylic acids is 1. The summed E-state index contributed by atoms with van der Waals surface area (Å²) in [6.45, 7) is 10.4. The Bertz CT molecular complexity index is 389. The number of carbonyl (C=O) groups is 2. The molecule has 1 unspecified atom stereocenters. The Labute approximate surface area is 114 Å². The van der Waals surface area contributed by atoms with Gasteiger partial charge < -0.3 is 15.3 Å². The first-order valence-corrected chi connectivity index (χ1v) is 6.93. The van der Waals surface area contributed by atoms with Gasteiger partial charge in [-0.2, -0.15) is 0 Å². The molecule has 2 amide bonds. The highest BCUT2D eigenvalue weighted by molar-refractivity contribution is 5.77. The van der Waals surface area contributed by atoms with Crippen molar-refractivity contribution in [1.29, 1.82) is 0 Å². The third-order valence-electron chi connectivity index (χ3n) is 5.60. The number of urea groups is 1. The molecule has 0 radical (unpaired) electrons. The molecule has 2 N–H and O–H groups in total. The van der Waals surface area contributed by atoms with Gasteiger partial charge in [-0.25, -0.2) is 4.79 Å². The molecule has 5 nitrogen and oxygen atoms in total. The molecular weight excluding hydrogens is 244 g/mol. The Balaban J connectivity index is 1.79. The van der Waals surface area contributed by atoms with Crippen LogP contribution in [0.2, 0.25) is 0 Å². The van der Waals surface area contributed by atoms with Gasteiger partial charge >= 0.3 is 12.0 Å². The molecule has 1 heterocycles. The van der Waals surface area contributed by atoms with Gasteiger partial charge in [0.1, 0.15) is 0 Å². The molecule has 5 heteroatoms. The SMILES string of the molecule is CC1(C)C(CNC(=O)N2CCC(C(=O)O)C2)C1(C)C. The number of rotatable bonds is 3. The maximum Gasteiger partial charge on any atom is 0.317 e. The van der Waals surface area contributed by atoms with Crippen molar-refractivity contribution in [1.82, 2.24) is 10.2 Å². The summed E-state index contributed by atoms with van der Waals surface area (Å²) in [7, 11) is 0. The zero-order valence-electron chi connectivity index (χ0n) is 12.2. The lowest BCUT2D eigenvalue weighted by atomic mass is 10.0. The molecule has 2 rings (SSSR count). The molecule has 108 valence electrons. The number of carboxylic acid groups (broad SMARTS) is 1. The highest BCUT2D eigenvalue weighted by Gasteiger charge is 2.64. The van der Waals surface area contributed by atoms with Gasteiger partial charge in [0.15, 0.2) is 0 Å². The summed E-state index contributed by atoms with van der Waals surface area (Å²) in [5.74, 6) is -0.721. The minimum Gasteiger partial charge on any atom is -0.481 e. The van der Waals surface area contributed by atoms with Crippen LogP contribution in [0.5, 0.6) is 0 Å². The molecule has 1 saturated heterocycles. The second-order valence-electron chi connectivity index (χ2n) is 6.95. The van der Waals surface area contributed by atoms with Crippen LogP contribution in [-0.2, 0) is 4.79 Å². The summed E-state index contributed by atoms with van der Waals surface area (Å²) in [6.07, 6.45) is 0.559. The second kappa shape index (κ2) is 4.39. The fraction of sp³-hybridized carbons (Fsp3) is 0.857. The van der Waals surface area contributed by atoms with Gasteiger partial charge in [0.05, 0.1) is 5.92 Å². The smallest absolute Gasteiger partial charge is 0.317 e. The number of nitrogens with one attached hydrogen (secondary N) is 1. The van der Waals surface area contributed by atoms with Crippen LogP contribution in [0.1, 0.15) is 34.1 Å². The number of hydrogen-bond acceptors (Lipinski definition) is 2. The minimum absolute atomic E-state index is 0.123. The van der Waals surface area contributed by atoms with Gasteiger partial charge in [0.25, 0.3) is 0 Å². The monoisotopic (exact) mass is 268 g/mol. The lowest BCUT2D eigenvalue weighted by Crippen LogP contribution is -2.40. The summed E-state index contributed by atoms with van der Waals surface area (Å²) in [4.78, 5) is 24.5. The van der Waals surface area contributed by atoms with Crippen LogP contribution in [0.4, 0.5) is 4.79 Å². The summed E-state index contributed by atoms with van der Waals surface area (Å²) in [5.41, 5.74) is 0.518. The minimum atomic E-state index is -0.806. The molecule has 2 aliphatic rings. The van der Waals surface area contributed by atoms with E-state index < -0.39 is 11.9 Å². The van der Waals surface area contributed by atoms with Gasteiger partial charge in [-0.1, -0.05) is 27.7 Å². The number of carboxylic acids is 1. The summed E-state index contributed by atoms with van der Waals surface area (Å²) < 4.78 is 0. The molecular formula is C14H24N2O3. The third kappa shape index (κ3) is 2.30. The first kappa shape index (κ1) is 14.2. The fourth-order valence-corrected chi connectivity index (χ4v) is 3.29. The van der Waals surface area contributed by atoms with E-state index >= 15 is 0 Å². The molecule has 1 aliphatic carbocycles. The van der Waals surface area contributed by atoms with Crippen LogP contribution >= 0.6 is 0 Å². The van der Waals surface area contributed by atoms with Crippen molar-refractivity contribution >= 4 is 12.0 Å². The lowest BCUT2D eigenvalue weighted by molar-refractivity contribution is -0.141. The van der Waals surface area contributed by atoms with Crippen molar-refractivity contribution in [2.75, 3.05) is 19.6 Å². The molecule has 19 heavy (non-hydrogen) atoms. The number of nitrogens with zero attached hydrogens (tertiary/aromatic N) is 1. The summed E-state index contributed by atoms with van der Waals surface area (Å²) in [6, 6.07) is -0.123. The Hall–Kier alpha value is -1.26. The van der Waals surface area contributed by atoms with Crippen molar-refractivity contribution in [2.45, 2.75) is 34.1 Å². The molecule has 1 saturated carbocycles. The number of carbonyl (C=O) groups excluding carboxylic acids is 1. The normalized spacial score (nSPS) is 28.2. The van der Waals surface area contributed by atoms with Crippen LogP contribution in [-0.4, -0.2) is 41.6 Å². The van der Waals surface area contributed by atoms with Crippen LogP contribution < -0.4 is 5.32 Å². The van der Waals surface area contributed by atoms with Gasteiger partial charge in [0, 0.05) is 19.6 Å². The van der Waals surface area contributed by atoms with Crippen LogP contribution in [0.25, 0.3) is 0 Å². The predicted octanol–water partition coefficient (Wildman–Crippen LogP) is 1.78. The van der Waals surface area contributed by atoms with E-state index in [1.807, 2.05) is 0 Å². The van der Waals surface area contributed by atoms with E-state index in [2.05, 4.69) is 33.0 Å². The number of hydrogen-bond donors (Lipinski definition) is 2. The highest BCUT2D eigenvalue weighted by atomic mass is 16.4. The van der Waals surface area contributed by atoms with E-state index in [1.54, 1.807) is 4.90 Å². The maximum atomic E-state index is 12.0. The van der Waals surface area contributed by atoms with Crippen molar-refractivity contribution < 1.29 is 14.7 Å². The zero-order chi connectivity index (χ0) is 14.4. The molecule has 0 aromatic carbocycles. The Morgan fingerprint density at radius 2 is 1.84 bits per heavy atom. The standard InChI is InChI=1S/C14H24N2O3/c1-13(2)10(14(13,3)4)7-15-12(19)16-6-5-9(8-16)11(17)18/h9-10H,5-8H2,1-4H3,(H,15,19)(H,17,18). The van der Waals surface area contributed by atoms with E-state index in [1.165, 1.54) is 0 Å². The highest BCUT2D eigenvalue weighted by Crippen LogP contribution is 2.67. The van der Waals surface area contributed by atoms with Crippen molar-refractivity contribution in [3.63, 3.8) is 0 Å². The van der Waals surface area contributed by atoms with Crippen LogP contribution in [0.15, 0.2) is 0 Å². The second-order valence-corrected chi connectivity index (χ2v) is 6.95. The third-order valence-corrected chi connectivity index (χ3v) is 5.60. The van der Waals surface area contributed by atoms with Crippen LogP contribution in [0.3, 0.4) is 0 Å². The molecule has 1 aliphatic heterocycles. The molecule has 0 bridgehead atoms. The van der Waals surface area contributed by atoms with Crippen molar-refractivity contribution in [3.8, 4) is 0 Å². The first-order chi connectivity index (χ1) is 8.68. The van der Waals surface area contributed by atoms with E-state index in [9.17, 15) is 9.59 Å². The number of likely N-dealkylation sites (tertiary alicyclic amines) is 1. The molecule has 0 aromatic heterocycles. The largest absolute Gasteiger partial charge is 0.481 e. The van der Waals surface area contributed by atoms with Gasteiger partial charge in [-0.15, -0.1) is 0 Å². The van der Waals surface area contributed by atoms with Crippen molar-refractivity contribution in [2.24, 2.45) is 22.7 Å². The van der Waals surface area contributed by atoms with Gasteiger partial charge in [-0.05, 0) is 23.2 Å². The number of amides is 2. The van der Waals surface area contributed by atoms with Crippen molar-refractivity contribution in [3.05, 3.63) is 0 Å². The summed E-state index contributed by atoms with van der Waals surface area (Å²) in [5, 5.41) is 11.9. The molecule has 0 spiro atoms. The van der Waals surface area contributed by atoms with Gasteiger partial charge in [0.2, 0.25) is 0 Å². The average Bonchev–Trinajstić information content (AvgIpc) is 2.72. The van der Waals surface area contributed by atoms with E-state index in [4.69, 9.17) is 5.11 Å². The summed E-state index contributed by atoms with van der Waals surface area (Å²) >= 11 is 0. The topological polar surface area (TPSA) is 69.6 Å². The first-order valence-electron chi connectivity index (χ1n) is 6.93. The average molecular weight is 268 g/mol. The fourth-order valence-electron chi connectivity index (χ4n) is 3.29. The maximum absolute atomic E-state index is 12.0. The van der Waals surface area contributed by atoms with Gasteiger partial charge in [-0.3, -0.25) is 4.79 Å². The molecule has 2 fully saturated rings. The predicted molar refractivity (Wildman–Crippen MR) is 71.8 cm³/mol. The van der Waals surface area contributed by atoms with Crippen LogP contribution in [0, 0.1) is 22.7 Å². The lowest BCUT2D eigenvalue weighted by Gasteiger charge is -2.17. The van der Waals surface area contributed by atoms with E-state index in [0.29, 0.717) is 32.0 Å². The zero-order valence-corrected chi connectivity index (χ0v) is 12.2. The Morgan fingerprint density at radius 1 is 1.26 bits per heavy atom. The van der Waals surface area contributed by atoms with E-state index in [-0.39, 0.29) is 16.9 Å².